The van der Waals surface area contributed by atoms with E-state index in [9.17, 15) is 4.79 Å². The normalized spacial score (nSPS) is 11.2. The molecular formula is C15H23N3OS. The molecule has 0 aliphatic heterocycles. The van der Waals surface area contributed by atoms with E-state index in [0.717, 1.165) is 5.56 Å². The van der Waals surface area contributed by atoms with Crippen molar-refractivity contribution in [1.82, 2.24) is 9.88 Å². The van der Waals surface area contributed by atoms with Crippen molar-refractivity contribution in [2.75, 3.05) is 6.54 Å². The van der Waals surface area contributed by atoms with E-state index in [2.05, 4.69) is 25.8 Å². The summed E-state index contributed by atoms with van der Waals surface area (Å²) in [7, 11) is 0. The zero-order valence-corrected chi connectivity index (χ0v) is 13.2. The fourth-order valence-corrected chi connectivity index (χ4v) is 1.91. The molecule has 0 saturated heterocycles. The van der Waals surface area contributed by atoms with Crippen molar-refractivity contribution in [3.8, 4) is 0 Å². The number of aromatic nitrogens is 1. The highest BCUT2D eigenvalue weighted by atomic mass is 32.1. The van der Waals surface area contributed by atoms with Crippen LogP contribution < -0.4 is 5.73 Å². The summed E-state index contributed by atoms with van der Waals surface area (Å²) in [4.78, 5) is 18.7. The predicted molar refractivity (Wildman–Crippen MR) is 85.1 cm³/mol. The van der Waals surface area contributed by atoms with E-state index in [1.807, 2.05) is 12.1 Å². The molecule has 1 rings (SSSR count). The first-order valence-corrected chi connectivity index (χ1v) is 7.14. The third-order valence-electron chi connectivity index (χ3n) is 2.76. The van der Waals surface area contributed by atoms with Gasteiger partial charge in [0.25, 0.3) is 0 Å². The van der Waals surface area contributed by atoms with Gasteiger partial charge in [0.05, 0.1) is 4.99 Å². The molecule has 1 heterocycles. The maximum atomic E-state index is 12.4. The summed E-state index contributed by atoms with van der Waals surface area (Å²) in [5, 5.41) is 0. The summed E-state index contributed by atoms with van der Waals surface area (Å²) in [6.45, 7) is 7.27. The Morgan fingerprint density at radius 1 is 1.45 bits per heavy atom. The Morgan fingerprint density at radius 3 is 2.65 bits per heavy atom. The van der Waals surface area contributed by atoms with Crippen LogP contribution in [-0.2, 0) is 11.3 Å². The number of carbonyl (C=O) groups excluding carboxylic acids is 1. The van der Waals surface area contributed by atoms with Crippen LogP contribution in [0, 0.1) is 5.41 Å². The Bertz CT molecular complexity index is 454. The average Bonchev–Trinajstić information content (AvgIpc) is 2.33. The molecule has 0 aromatic carbocycles. The minimum absolute atomic E-state index is 0.0342. The zero-order valence-electron chi connectivity index (χ0n) is 12.4. The van der Waals surface area contributed by atoms with Crippen molar-refractivity contribution < 1.29 is 4.79 Å². The van der Waals surface area contributed by atoms with Gasteiger partial charge in [0.15, 0.2) is 0 Å². The van der Waals surface area contributed by atoms with Gasteiger partial charge in [0.1, 0.15) is 0 Å². The molecule has 0 unspecified atom stereocenters. The number of rotatable bonds is 6. The van der Waals surface area contributed by atoms with Gasteiger partial charge in [-0.15, -0.1) is 0 Å². The maximum absolute atomic E-state index is 12.4. The standard InChI is InChI=1S/C15H23N3OS/c1-15(2,3)9-14(19)18(8-6-13(16)20)11-12-5-4-7-17-10-12/h4-5,7,10H,6,8-9,11H2,1-3H3,(H2,16,20). The van der Waals surface area contributed by atoms with Crippen molar-refractivity contribution in [3.05, 3.63) is 30.1 Å². The van der Waals surface area contributed by atoms with Gasteiger partial charge in [0.2, 0.25) is 5.91 Å². The van der Waals surface area contributed by atoms with Gasteiger partial charge < -0.3 is 10.6 Å². The highest BCUT2D eigenvalue weighted by Crippen LogP contribution is 2.20. The summed E-state index contributed by atoms with van der Waals surface area (Å²) in [6.07, 6.45) is 4.55. The first kappa shape index (κ1) is 16.6. The molecule has 0 saturated carbocycles. The van der Waals surface area contributed by atoms with Gasteiger partial charge in [-0.1, -0.05) is 39.1 Å². The molecule has 0 aliphatic carbocycles. The number of hydrogen-bond donors (Lipinski definition) is 1. The Balaban J connectivity index is 2.74. The van der Waals surface area contributed by atoms with E-state index in [1.165, 1.54) is 0 Å². The van der Waals surface area contributed by atoms with Crippen molar-refractivity contribution >= 4 is 23.1 Å². The van der Waals surface area contributed by atoms with Crippen LogP contribution in [-0.4, -0.2) is 27.3 Å². The highest BCUT2D eigenvalue weighted by molar-refractivity contribution is 7.80. The summed E-state index contributed by atoms with van der Waals surface area (Å²) >= 11 is 4.90. The number of pyridine rings is 1. The zero-order chi connectivity index (χ0) is 15.2. The lowest BCUT2D eigenvalue weighted by molar-refractivity contribution is -0.133. The third-order valence-corrected chi connectivity index (χ3v) is 2.96. The summed E-state index contributed by atoms with van der Waals surface area (Å²) in [5.74, 6) is 0.123. The number of hydrogen-bond acceptors (Lipinski definition) is 3. The van der Waals surface area contributed by atoms with Gasteiger partial charge in [-0.25, -0.2) is 0 Å². The van der Waals surface area contributed by atoms with Crippen molar-refractivity contribution in [2.24, 2.45) is 11.1 Å². The molecule has 0 aliphatic rings. The molecule has 1 aromatic rings. The van der Waals surface area contributed by atoms with Crippen LogP contribution in [0.4, 0.5) is 0 Å². The lowest BCUT2D eigenvalue weighted by Crippen LogP contribution is -2.35. The monoisotopic (exact) mass is 293 g/mol. The second-order valence-corrected chi connectivity index (χ2v) is 6.65. The number of nitrogens with zero attached hydrogens (tertiary/aromatic N) is 2. The van der Waals surface area contributed by atoms with Gasteiger partial charge in [0, 0.05) is 38.3 Å². The van der Waals surface area contributed by atoms with Crippen molar-refractivity contribution in [2.45, 2.75) is 40.2 Å². The maximum Gasteiger partial charge on any atom is 0.223 e. The molecule has 5 heteroatoms. The smallest absolute Gasteiger partial charge is 0.223 e. The molecule has 0 atom stereocenters. The van der Waals surface area contributed by atoms with E-state index >= 15 is 0 Å². The second-order valence-electron chi connectivity index (χ2n) is 6.13. The molecule has 1 aromatic heterocycles. The van der Waals surface area contributed by atoms with Gasteiger partial charge in [-0.3, -0.25) is 9.78 Å². The van der Waals surface area contributed by atoms with E-state index in [4.69, 9.17) is 18.0 Å². The topological polar surface area (TPSA) is 59.2 Å². The Labute approximate surface area is 126 Å². The predicted octanol–water partition coefficient (Wildman–Crippen LogP) is 2.52. The molecule has 0 spiro atoms. The van der Waals surface area contributed by atoms with E-state index in [1.54, 1.807) is 17.3 Å². The van der Waals surface area contributed by atoms with E-state index < -0.39 is 0 Å². The SMILES string of the molecule is CC(C)(C)CC(=O)N(CCC(N)=S)Cc1cccnc1. The van der Waals surface area contributed by atoms with Gasteiger partial charge in [-0.05, 0) is 17.0 Å². The summed E-state index contributed by atoms with van der Waals surface area (Å²) < 4.78 is 0. The molecule has 2 N–H and O–H groups in total. The van der Waals surface area contributed by atoms with Crippen LogP contribution in [0.1, 0.15) is 39.2 Å². The van der Waals surface area contributed by atoms with Crippen LogP contribution in [0.5, 0.6) is 0 Å². The molecule has 20 heavy (non-hydrogen) atoms. The van der Waals surface area contributed by atoms with E-state index in [0.29, 0.717) is 30.9 Å². The molecular weight excluding hydrogens is 270 g/mol. The van der Waals surface area contributed by atoms with Crippen LogP contribution in [0.2, 0.25) is 0 Å². The number of carbonyl (C=O) groups is 1. The fourth-order valence-electron chi connectivity index (χ4n) is 1.81. The Morgan fingerprint density at radius 2 is 2.15 bits per heavy atom. The van der Waals surface area contributed by atoms with Crippen molar-refractivity contribution in [3.63, 3.8) is 0 Å². The fraction of sp³-hybridized carbons (Fsp3) is 0.533. The lowest BCUT2D eigenvalue weighted by Gasteiger charge is -2.26. The third kappa shape index (κ3) is 6.61. The Hall–Kier alpha value is -1.49. The summed E-state index contributed by atoms with van der Waals surface area (Å²) in [6, 6.07) is 3.83. The second kappa shape index (κ2) is 7.33. The highest BCUT2D eigenvalue weighted by Gasteiger charge is 2.21. The minimum Gasteiger partial charge on any atom is -0.393 e. The molecule has 110 valence electrons. The van der Waals surface area contributed by atoms with Crippen molar-refractivity contribution in [1.29, 1.82) is 0 Å². The van der Waals surface area contributed by atoms with Crippen LogP contribution in [0.25, 0.3) is 0 Å². The van der Waals surface area contributed by atoms with Gasteiger partial charge in [-0.2, -0.15) is 0 Å². The molecule has 0 radical (unpaired) electrons. The average molecular weight is 293 g/mol. The Kier molecular flexibility index (Phi) is 6.07. The molecule has 4 nitrogen and oxygen atoms in total. The van der Waals surface area contributed by atoms with Crippen LogP contribution >= 0.6 is 12.2 Å². The number of nitrogens with two attached hydrogens (primary N) is 1. The first-order chi connectivity index (χ1) is 9.28. The molecule has 0 bridgehead atoms. The van der Waals surface area contributed by atoms with Crippen LogP contribution in [0.15, 0.2) is 24.5 Å². The van der Waals surface area contributed by atoms with Crippen LogP contribution in [0.3, 0.4) is 0 Å². The lowest BCUT2D eigenvalue weighted by atomic mass is 9.91. The summed E-state index contributed by atoms with van der Waals surface area (Å²) in [5.41, 5.74) is 6.52. The first-order valence-electron chi connectivity index (χ1n) is 6.73. The number of thiocarbonyl (C=S) groups is 1. The quantitative estimate of drug-likeness (QED) is 0.819. The minimum atomic E-state index is -0.0342. The molecule has 1 amide bonds. The van der Waals surface area contributed by atoms with E-state index in [-0.39, 0.29) is 11.3 Å². The molecule has 0 fully saturated rings. The number of amides is 1. The van der Waals surface area contributed by atoms with Gasteiger partial charge >= 0.3 is 0 Å². The largest absolute Gasteiger partial charge is 0.393 e.